The molecule has 2 aromatic heterocycles. The zero-order valence-electron chi connectivity index (χ0n) is 14.0. The van der Waals surface area contributed by atoms with Crippen molar-refractivity contribution < 1.29 is 14.3 Å². The van der Waals surface area contributed by atoms with E-state index in [4.69, 9.17) is 21.1 Å². The number of rotatable bonds is 7. The Morgan fingerprint density at radius 2 is 2.19 bits per heavy atom. The normalized spacial score (nSPS) is 11.8. The van der Waals surface area contributed by atoms with E-state index >= 15 is 0 Å². The summed E-state index contributed by atoms with van der Waals surface area (Å²) in [6, 6.07) is 6.29. The summed E-state index contributed by atoms with van der Waals surface area (Å²) in [6.07, 6.45) is 0. The van der Waals surface area contributed by atoms with E-state index in [1.165, 1.54) is 0 Å². The second kappa shape index (κ2) is 7.83. The highest BCUT2D eigenvalue weighted by Gasteiger charge is 2.17. The Hall–Kier alpha value is -3.14. The molecule has 0 bridgehead atoms. The molecule has 3 rings (SSSR count). The van der Waals surface area contributed by atoms with Crippen molar-refractivity contribution in [2.75, 3.05) is 7.11 Å². The lowest BCUT2D eigenvalue weighted by atomic mass is 10.3. The van der Waals surface area contributed by atoms with Crippen LogP contribution in [0.3, 0.4) is 0 Å². The van der Waals surface area contributed by atoms with Gasteiger partial charge in [0.05, 0.1) is 23.9 Å². The van der Waals surface area contributed by atoms with E-state index in [0.717, 1.165) is 0 Å². The third-order valence-corrected chi connectivity index (χ3v) is 3.78. The van der Waals surface area contributed by atoms with Crippen LogP contribution in [0.1, 0.15) is 35.0 Å². The number of nitrogens with zero attached hydrogens (tertiary/aromatic N) is 4. The molecule has 0 aliphatic rings. The highest BCUT2D eigenvalue weighted by molar-refractivity contribution is 6.32. The number of hydrogen-bond donors (Lipinski definition) is 3. The summed E-state index contributed by atoms with van der Waals surface area (Å²) in [4.78, 5) is 12.2. The molecule has 1 amide bonds. The Kier molecular flexibility index (Phi) is 5.32. The molecule has 0 aliphatic heterocycles. The van der Waals surface area contributed by atoms with Crippen molar-refractivity contribution >= 4 is 17.5 Å². The third kappa shape index (κ3) is 4.09. The fourth-order valence-electron chi connectivity index (χ4n) is 2.12. The lowest BCUT2D eigenvalue weighted by Gasteiger charge is -2.08. The van der Waals surface area contributed by atoms with Gasteiger partial charge in [0.15, 0.2) is 5.82 Å². The maximum atomic E-state index is 12.2. The lowest BCUT2D eigenvalue weighted by molar-refractivity contribution is 0.0933. The SMILES string of the molecule is COc1ccc(OCc2cc(C(=O)NC(C)c3nn[nH]n3)n[nH]2)c(Cl)c1. The van der Waals surface area contributed by atoms with Crippen molar-refractivity contribution in [3.8, 4) is 11.5 Å². The minimum Gasteiger partial charge on any atom is -0.497 e. The van der Waals surface area contributed by atoms with Gasteiger partial charge in [-0.15, -0.1) is 10.2 Å². The average molecular weight is 378 g/mol. The molecule has 26 heavy (non-hydrogen) atoms. The minimum absolute atomic E-state index is 0.173. The molecule has 0 spiro atoms. The van der Waals surface area contributed by atoms with E-state index < -0.39 is 6.04 Å². The topological polar surface area (TPSA) is 131 Å². The van der Waals surface area contributed by atoms with E-state index in [9.17, 15) is 4.79 Å². The largest absolute Gasteiger partial charge is 0.497 e. The maximum Gasteiger partial charge on any atom is 0.272 e. The van der Waals surface area contributed by atoms with Gasteiger partial charge >= 0.3 is 0 Å². The van der Waals surface area contributed by atoms with Crippen LogP contribution in [-0.4, -0.2) is 43.8 Å². The second-order valence-electron chi connectivity index (χ2n) is 5.33. The summed E-state index contributed by atoms with van der Waals surface area (Å²) in [5.41, 5.74) is 0.842. The zero-order chi connectivity index (χ0) is 18.5. The van der Waals surface area contributed by atoms with Gasteiger partial charge in [-0.2, -0.15) is 10.3 Å². The molecule has 0 radical (unpaired) electrons. The van der Waals surface area contributed by atoms with Crippen molar-refractivity contribution in [2.24, 2.45) is 0 Å². The molecule has 0 fully saturated rings. The number of methoxy groups -OCH3 is 1. The third-order valence-electron chi connectivity index (χ3n) is 3.48. The van der Waals surface area contributed by atoms with Gasteiger partial charge in [0.1, 0.15) is 23.8 Å². The number of nitrogens with one attached hydrogen (secondary N) is 3. The van der Waals surface area contributed by atoms with Gasteiger partial charge in [-0.05, 0) is 25.1 Å². The predicted octanol–water partition coefficient (Wildman–Crippen LogP) is 1.65. The first-order valence-corrected chi connectivity index (χ1v) is 7.99. The van der Waals surface area contributed by atoms with Crippen LogP contribution in [0.15, 0.2) is 24.3 Å². The molecule has 0 saturated heterocycles. The van der Waals surface area contributed by atoms with E-state index in [-0.39, 0.29) is 18.2 Å². The first-order chi connectivity index (χ1) is 12.6. The van der Waals surface area contributed by atoms with Crippen molar-refractivity contribution in [2.45, 2.75) is 19.6 Å². The first kappa shape index (κ1) is 17.7. The van der Waals surface area contributed by atoms with E-state index in [2.05, 4.69) is 36.1 Å². The molecule has 136 valence electrons. The summed E-state index contributed by atoms with van der Waals surface area (Å²) in [7, 11) is 1.56. The van der Waals surface area contributed by atoms with Crippen LogP contribution in [0, 0.1) is 0 Å². The van der Waals surface area contributed by atoms with E-state index in [1.807, 2.05) is 0 Å². The van der Waals surface area contributed by atoms with Crippen LogP contribution in [0.25, 0.3) is 0 Å². The smallest absolute Gasteiger partial charge is 0.272 e. The average Bonchev–Trinajstić information content (AvgIpc) is 3.32. The lowest BCUT2D eigenvalue weighted by Crippen LogP contribution is -2.27. The first-order valence-electron chi connectivity index (χ1n) is 7.61. The van der Waals surface area contributed by atoms with Gasteiger partial charge in [-0.1, -0.05) is 16.8 Å². The number of aromatic amines is 2. The number of hydrogen-bond acceptors (Lipinski definition) is 7. The van der Waals surface area contributed by atoms with Crippen molar-refractivity contribution in [1.29, 1.82) is 0 Å². The van der Waals surface area contributed by atoms with Gasteiger partial charge in [-0.3, -0.25) is 9.89 Å². The monoisotopic (exact) mass is 377 g/mol. The minimum atomic E-state index is -0.407. The fraction of sp³-hybridized carbons (Fsp3) is 0.267. The van der Waals surface area contributed by atoms with Crippen LogP contribution in [0.2, 0.25) is 5.02 Å². The molecule has 0 saturated carbocycles. The summed E-state index contributed by atoms with van der Waals surface area (Å²) in [5.74, 6) is 1.15. The summed E-state index contributed by atoms with van der Waals surface area (Å²) >= 11 is 6.12. The second-order valence-corrected chi connectivity index (χ2v) is 5.74. The van der Waals surface area contributed by atoms with Crippen LogP contribution in [0.4, 0.5) is 0 Å². The molecule has 1 unspecified atom stereocenters. The van der Waals surface area contributed by atoms with Gasteiger partial charge < -0.3 is 14.8 Å². The predicted molar refractivity (Wildman–Crippen MR) is 91.0 cm³/mol. The molecule has 2 heterocycles. The van der Waals surface area contributed by atoms with Crippen molar-refractivity contribution in [3.05, 3.63) is 46.5 Å². The highest BCUT2D eigenvalue weighted by Crippen LogP contribution is 2.29. The van der Waals surface area contributed by atoms with E-state index in [0.29, 0.717) is 28.0 Å². The van der Waals surface area contributed by atoms with Gasteiger partial charge in [0.25, 0.3) is 5.91 Å². The van der Waals surface area contributed by atoms with Crippen molar-refractivity contribution in [1.82, 2.24) is 36.1 Å². The Morgan fingerprint density at radius 1 is 1.35 bits per heavy atom. The molecule has 3 N–H and O–H groups in total. The van der Waals surface area contributed by atoms with Crippen LogP contribution >= 0.6 is 11.6 Å². The number of carbonyl (C=O) groups excluding carboxylic acids is 1. The fourth-order valence-corrected chi connectivity index (χ4v) is 2.35. The molecule has 1 aromatic carbocycles. The van der Waals surface area contributed by atoms with Gasteiger partial charge in [0.2, 0.25) is 0 Å². The number of aromatic nitrogens is 6. The number of amides is 1. The molecule has 10 nitrogen and oxygen atoms in total. The molecule has 11 heteroatoms. The summed E-state index contributed by atoms with van der Waals surface area (Å²) in [6.45, 7) is 1.91. The molecule has 3 aromatic rings. The molecule has 1 atom stereocenters. The number of ether oxygens (including phenoxy) is 2. The maximum absolute atomic E-state index is 12.2. The number of halogens is 1. The van der Waals surface area contributed by atoms with Crippen molar-refractivity contribution in [3.63, 3.8) is 0 Å². The number of benzene rings is 1. The molecular formula is C15H16ClN7O3. The van der Waals surface area contributed by atoms with Crippen LogP contribution in [-0.2, 0) is 6.61 Å². The quantitative estimate of drug-likeness (QED) is 0.570. The Morgan fingerprint density at radius 3 is 2.88 bits per heavy atom. The van der Waals surface area contributed by atoms with Crippen LogP contribution < -0.4 is 14.8 Å². The zero-order valence-corrected chi connectivity index (χ0v) is 14.7. The van der Waals surface area contributed by atoms with Gasteiger partial charge in [-0.25, -0.2) is 0 Å². The summed E-state index contributed by atoms with van der Waals surface area (Å²) in [5, 5.41) is 23.3. The Balaban J connectivity index is 1.58. The number of carbonyl (C=O) groups is 1. The van der Waals surface area contributed by atoms with Crippen LogP contribution in [0.5, 0.6) is 11.5 Å². The number of H-pyrrole nitrogens is 2. The standard InChI is InChI=1S/C15H16ClN7O3/c1-8(14-20-22-23-21-14)17-15(24)12-5-9(18-19-12)7-26-13-4-3-10(25-2)6-11(13)16/h3-6,8H,7H2,1-2H3,(H,17,24)(H,18,19)(H,20,21,22,23). The summed E-state index contributed by atoms with van der Waals surface area (Å²) < 4.78 is 10.7. The molecular weight excluding hydrogens is 362 g/mol. The Labute approximate surface area is 153 Å². The number of tetrazole rings is 1. The highest BCUT2D eigenvalue weighted by atomic mass is 35.5. The Bertz CT molecular complexity index is 881. The molecule has 0 aliphatic carbocycles. The van der Waals surface area contributed by atoms with Gasteiger partial charge in [0, 0.05) is 6.07 Å². The van der Waals surface area contributed by atoms with E-state index in [1.54, 1.807) is 38.3 Å².